The fourth-order valence-electron chi connectivity index (χ4n) is 1.78. The number of carbonyl (C=O) groups excluding carboxylic acids is 1. The predicted molar refractivity (Wildman–Crippen MR) is 86.3 cm³/mol. The highest BCUT2D eigenvalue weighted by atomic mass is 79.9. The molecule has 0 saturated heterocycles. The van der Waals surface area contributed by atoms with Crippen molar-refractivity contribution in [2.24, 2.45) is 0 Å². The summed E-state index contributed by atoms with van der Waals surface area (Å²) < 4.78 is 1.05. The van der Waals surface area contributed by atoms with Gasteiger partial charge in [0.05, 0.1) is 10.6 Å². The minimum atomic E-state index is -0.195. The molecule has 1 amide bonds. The molecular weight excluding hydrogens is 340 g/mol. The molecule has 0 saturated carbocycles. The van der Waals surface area contributed by atoms with Crippen molar-refractivity contribution in [3.05, 3.63) is 63.1 Å². The van der Waals surface area contributed by atoms with Crippen molar-refractivity contribution >= 4 is 39.1 Å². The van der Waals surface area contributed by atoms with E-state index < -0.39 is 0 Å². The smallest absolute Gasteiger partial charge is 0.252 e. The summed E-state index contributed by atoms with van der Waals surface area (Å²) in [5, 5.41) is 6.29. The first-order valence-electron chi connectivity index (χ1n) is 6.10. The molecule has 0 aliphatic carbocycles. The first-order chi connectivity index (χ1) is 9.61. The molecule has 104 valence electrons. The van der Waals surface area contributed by atoms with Gasteiger partial charge in [0.25, 0.3) is 5.91 Å². The van der Waals surface area contributed by atoms with E-state index in [4.69, 9.17) is 11.6 Å². The molecule has 3 nitrogen and oxygen atoms in total. The predicted octanol–water partition coefficient (Wildman–Crippen LogP) is 4.07. The Hall–Kier alpha value is -1.52. The van der Waals surface area contributed by atoms with E-state index in [9.17, 15) is 4.79 Å². The van der Waals surface area contributed by atoms with Crippen LogP contribution in [0.25, 0.3) is 0 Å². The summed E-state index contributed by atoms with van der Waals surface area (Å²) in [5.41, 5.74) is 2.46. The third-order valence-corrected chi connectivity index (χ3v) is 3.98. The van der Waals surface area contributed by atoms with Crippen LogP contribution in [0.15, 0.2) is 46.9 Å². The Morgan fingerprint density at radius 2 is 2.00 bits per heavy atom. The van der Waals surface area contributed by atoms with Crippen molar-refractivity contribution in [3.63, 3.8) is 0 Å². The highest BCUT2D eigenvalue weighted by Gasteiger charge is 2.09. The highest BCUT2D eigenvalue weighted by molar-refractivity contribution is 9.10. The Bertz CT molecular complexity index is 631. The molecule has 2 N–H and O–H groups in total. The van der Waals surface area contributed by atoms with Crippen LogP contribution in [0.1, 0.15) is 15.9 Å². The average molecular weight is 354 g/mol. The average Bonchev–Trinajstić information content (AvgIpc) is 2.47. The van der Waals surface area contributed by atoms with Crippen LogP contribution in [0.2, 0.25) is 5.02 Å². The lowest BCUT2D eigenvalue weighted by atomic mass is 10.1. The van der Waals surface area contributed by atoms with Gasteiger partial charge in [0.1, 0.15) is 0 Å². The molecule has 0 radical (unpaired) electrons. The van der Waals surface area contributed by atoms with Crippen LogP contribution in [-0.2, 0) is 6.54 Å². The normalized spacial score (nSPS) is 10.2. The Balaban J connectivity index is 2.14. The topological polar surface area (TPSA) is 41.1 Å². The minimum Gasteiger partial charge on any atom is -0.381 e. The summed E-state index contributed by atoms with van der Waals surface area (Å²) in [7, 11) is 1.58. The van der Waals surface area contributed by atoms with E-state index in [1.165, 1.54) is 0 Å². The second kappa shape index (κ2) is 6.77. The first kappa shape index (κ1) is 14.9. The lowest BCUT2D eigenvalue weighted by Crippen LogP contribution is -2.18. The SMILES string of the molecule is CNC(=O)c1cc(NCc2ccccc2Br)ccc1Cl. The zero-order chi connectivity index (χ0) is 14.5. The zero-order valence-corrected chi connectivity index (χ0v) is 13.3. The summed E-state index contributed by atoms with van der Waals surface area (Å²) in [6.07, 6.45) is 0. The van der Waals surface area contributed by atoms with Gasteiger partial charge in [0, 0.05) is 23.8 Å². The second-order valence-corrected chi connectivity index (χ2v) is 5.48. The fourth-order valence-corrected chi connectivity index (χ4v) is 2.41. The van der Waals surface area contributed by atoms with E-state index in [1.54, 1.807) is 19.2 Å². The number of carbonyl (C=O) groups is 1. The second-order valence-electron chi connectivity index (χ2n) is 4.22. The molecule has 0 aliphatic heterocycles. The third kappa shape index (κ3) is 3.52. The Kier molecular flexibility index (Phi) is 5.04. The molecule has 5 heteroatoms. The van der Waals surface area contributed by atoms with Crippen LogP contribution >= 0.6 is 27.5 Å². The summed E-state index contributed by atoms with van der Waals surface area (Å²) in [5.74, 6) is -0.195. The van der Waals surface area contributed by atoms with Crippen LogP contribution in [-0.4, -0.2) is 13.0 Å². The Morgan fingerprint density at radius 1 is 1.25 bits per heavy atom. The highest BCUT2D eigenvalue weighted by Crippen LogP contribution is 2.22. The third-order valence-electron chi connectivity index (χ3n) is 2.88. The number of anilines is 1. The van der Waals surface area contributed by atoms with E-state index in [1.807, 2.05) is 30.3 Å². The van der Waals surface area contributed by atoms with Crippen LogP contribution in [0, 0.1) is 0 Å². The maximum absolute atomic E-state index is 11.7. The molecule has 0 unspecified atom stereocenters. The molecule has 2 aromatic carbocycles. The number of hydrogen-bond donors (Lipinski definition) is 2. The molecule has 20 heavy (non-hydrogen) atoms. The largest absolute Gasteiger partial charge is 0.381 e. The lowest BCUT2D eigenvalue weighted by Gasteiger charge is -2.10. The molecule has 0 fully saturated rings. The molecular formula is C15H14BrClN2O. The molecule has 0 aliphatic rings. The summed E-state index contributed by atoms with van der Waals surface area (Å²) >= 11 is 9.52. The Morgan fingerprint density at radius 3 is 2.70 bits per heavy atom. The number of halogens is 2. The van der Waals surface area contributed by atoms with Gasteiger partial charge in [-0.05, 0) is 29.8 Å². The molecule has 0 aromatic heterocycles. The number of hydrogen-bond acceptors (Lipinski definition) is 2. The van der Waals surface area contributed by atoms with Crippen molar-refractivity contribution in [1.82, 2.24) is 5.32 Å². The molecule has 0 spiro atoms. The Labute approximate surface area is 131 Å². The zero-order valence-electron chi connectivity index (χ0n) is 10.9. The number of benzene rings is 2. The standard InChI is InChI=1S/C15H14BrClN2O/c1-18-15(20)12-8-11(6-7-14(12)17)19-9-10-4-2-3-5-13(10)16/h2-8,19H,9H2,1H3,(H,18,20). The monoisotopic (exact) mass is 352 g/mol. The van der Waals surface area contributed by atoms with E-state index in [-0.39, 0.29) is 5.91 Å². The van der Waals surface area contributed by atoms with Crippen molar-refractivity contribution < 1.29 is 4.79 Å². The van der Waals surface area contributed by atoms with Crippen molar-refractivity contribution in [3.8, 4) is 0 Å². The molecule has 0 bridgehead atoms. The number of nitrogens with one attached hydrogen (secondary N) is 2. The molecule has 0 atom stereocenters. The van der Waals surface area contributed by atoms with Crippen LogP contribution in [0.5, 0.6) is 0 Å². The van der Waals surface area contributed by atoms with Gasteiger partial charge in [-0.15, -0.1) is 0 Å². The molecule has 0 heterocycles. The van der Waals surface area contributed by atoms with Crippen molar-refractivity contribution in [2.45, 2.75) is 6.54 Å². The number of amides is 1. The van der Waals surface area contributed by atoms with E-state index in [0.29, 0.717) is 17.1 Å². The van der Waals surface area contributed by atoms with Crippen LogP contribution in [0.3, 0.4) is 0 Å². The van der Waals surface area contributed by atoms with Gasteiger partial charge >= 0.3 is 0 Å². The van der Waals surface area contributed by atoms with Crippen molar-refractivity contribution in [2.75, 3.05) is 12.4 Å². The van der Waals surface area contributed by atoms with Gasteiger partial charge in [-0.1, -0.05) is 45.7 Å². The fraction of sp³-hybridized carbons (Fsp3) is 0.133. The summed E-state index contributed by atoms with van der Waals surface area (Å²) in [4.78, 5) is 11.7. The first-order valence-corrected chi connectivity index (χ1v) is 7.28. The van der Waals surface area contributed by atoms with E-state index >= 15 is 0 Å². The molecule has 2 aromatic rings. The van der Waals surface area contributed by atoms with Gasteiger partial charge in [0.2, 0.25) is 0 Å². The van der Waals surface area contributed by atoms with Gasteiger partial charge < -0.3 is 10.6 Å². The van der Waals surface area contributed by atoms with E-state index in [0.717, 1.165) is 15.7 Å². The summed E-state index contributed by atoms with van der Waals surface area (Å²) in [6, 6.07) is 13.3. The van der Waals surface area contributed by atoms with Crippen LogP contribution in [0.4, 0.5) is 5.69 Å². The maximum Gasteiger partial charge on any atom is 0.252 e. The van der Waals surface area contributed by atoms with E-state index in [2.05, 4.69) is 26.6 Å². The van der Waals surface area contributed by atoms with Gasteiger partial charge in [-0.3, -0.25) is 4.79 Å². The quantitative estimate of drug-likeness (QED) is 0.870. The minimum absolute atomic E-state index is 0.195. The van der Waals surface area contributed by atoms with Gasteiger partial charge in [0.15, 0.2) is 0 Å². The van der Waals surface area contributed by atoms with Crippen molar-refractivity contribution in [1.29, 1.82) is 0 Å². The summed E-state index contributed by atoms with van der Waals surface area (Å²) in [6.45, 7) is 0.663. The van der Waals surface area contributed by atoms with Crippen LogP contribution < -0.4 is 10.6 Å². The lowest BCUT2D eigenvalue weighted by molar-refractivity contribution is 0.0963. The molecule has 2 rings (SSSR count). The van der Waals surface area contributed by atoms with Gasteiger partial charge in [-0.25, -0.2) is 0 Å². The number of rotatable bonds is 4. The maximum atomic E-state index is 11.7. The van der Waals surface area contributed by atoms with Gasteiger partial charge in [-0.2, -0.15) is 0 Å².